The number of anilines is 1. The standard InChI is InChI=1S/C22H15N3O/c26-22-20(15-10-4-5-11-16(15)25-22)19(14-8-2-1-3-9-14)21-23-17-12-6-7-13-18(17)24-21/h1-13H,(H,23,24)(H,25,26)/b20-19+. The van der Waals surface area contributed by atoms with Crippen LogP contribution in [0.5, 0.6) is 0 Å². The van der Waals surface area contributed by atoms with Gasteiger partial charge in [0, 0.05) is 16.8 Å². The molecule has 2 N–H and O–H groups in total. The highest BCUT2D eigenvalue weighted by atomic mass is 16.2. The van der Waals surface area contributed by atoms with Crippen LogP contribution < -0.4 is 5.32 Å². The normalized spacial score (nSPS) is 15.0. The molecular weight excluding hydrogens is 322 g/mol. The summed E-state index contributed by atoms with van der Waals surface area (Å²) in [5, 5.41) is 2.96. The largest absolute Gasteiger partial charge is 0.338 e. The molecule has 0 saturated carbocycles. The van der Waals surface area contributed by atoms with Crippen LogP contribution in [0.1, 0.15) is 17.0 Å². The zero-order valence-corrected chi connectivity index (χ0v) is 13.9. The number of nitrogens with one attached hydrogen (secondary N) is 2. The molecule has 1 aliphatic rings. The quantitative estimate of drug-likeness (QED) is 0.530. The lowest BCUT2D eigenvalue weighted by Crippen LogP contribution is -2.07. The third-order valence-corrected chi connectivity index (χ3v) is 4.61. The van der Waals surface area contributed by atoms with E-state index in [9.17, 15) is 4.79 Å². The van der Waals surface area contributed by atoms with E-state index in [1.54, 1.807) is 0 Å². The van der Waals surface area contributed by atoms with Crippen molar-refractivity contribution in [3.8, 4) is 0 Å². The van der Waals surface area contributed by atoms with E-state index >= 15 is 0 Å². The number of aromatic amines is 1. The fourth-order valence-corrected chi connectivity index (χ4v) is 3.44. The Morgan fingerprint density at radius 1 is 0.808 bits per heavy atom. The second-order valence-electron chi connectivity index (χ2n) is 6.22. The van der Waals surface area contributed by atoms with Gasteiger partial charge in [-0.1, -0.05) is 60.7 Å². The van der Waals surface area contributed by atoms with Crippen LogP contribution in [0.15, 0.2) is 78.9 Å². The van der Waals surface area contributed by atoms with Crippen LogP contribution >= 0.6 is 0 Å². The Balaban J connectivity index is 1.85. The van der Waals surface area contributed by atoms with E-state index in [0.29, 0.717) is 11.4 Å². The maximum absolute atomic E-state index is 12.8. The monoisotopic (exact) mass is 337 g/mol. The third-order valence-electron chi connectivity index (χ3n) is 4.61. The number of fused-ring (bicyclic) bond motifs is 2. The van der Waals surface area contributed by atoms with E-state index in [-0.39, 0.29) is 5.91 Å². The van der Waals surface area contributed by atoms with Gasteiger partial charge in [0.2, 0.25) is 0 Å². The van der Waals surface area contributed by atoms with E-state index in [1.165, 1.54) is 0 Å². The third kappa shape index (κ3) is 2.24. The van der Waals surface area contributed by atoms with E-state index in [2.05, 4.69) is 10.3 Å². The van der Waals surface area contributed by atoms with Gasteiger partial charge in [-0.15, -0.1) is 0 Å². The molecule has 4 heteroatoms. The number of para-hydroxylation sites is 3. The number of nitrogens with zero attached hydrogens (tertiary/aromatic N) is 1. The molecule has 0 aliphatic carbocycles. The predicted molar refractivity (Wildman–Crippen MR) is 104 cm³/mol. The fraction of sp³-hybridized carbons (Fsp3) is 0. The number of amides is 1. The van der Waals surface area contributed by atoms with Crippen molar-refractivity contribution in [2.24, 2.45) is 0 Å². The second-order valence-corrected chi connectivity index (χ2v) is 6.22. The lowest BCUT2D eigenvalue weighted by molar-refractivity contribution is -0.110. The number of imidazole rings is 1. The number of carbonyl (C=O) groups excluding carboxylic acids is 1. The van der Waals surface area contributed by atoms with Crippen LogP contribution in [0.2, 0.25) is 0 Å². The lowest BCUT2D eigenvalue weighted by Gasteiger charge is -2.09. The highest BCUT2D eigenvalue weighted by Gasteiger charge is 2.29. The molecule has 0 atom stereocenters. The van der Waals surface area contributed by atoms with Gasteiger partial charge in [-0.05, 0) is 23.8 Å². The first-order valence-corrected chi connectivity index (χ1v) is 8.47. The average Bonchev–Trinajstić information content (AvgIpc) is 3.24. The van der Waals surface area contributed by atoms with E-state index in [1.807, 2.05) is 78.9 Å². The molecule has 2 heterocycles. The molecule has 26 heavy (non-hydrogen) atoms. The molecular formula is C22H15N3O. The molecule has 4 nitrogen and oxygen atoms in total. The molecule has 0 bridgehead atoms. The van der Waals surface area contributed by atoms with Crippen LogP contribution in [0, 0.1) is 0 Å². The predicted octanol–water partition coefficient (Wildman–Crippen LogP) is 4.47. The highest BCUT2D eigenvalue weighted by Crippen LogP contribution is 2.39. The molecule has 3 aromatic carbocycles. The summed E-state index contributed by atoms with van der Waals surface area (Å²) < 4.78 is 0. The summed E-state index contributed by atoms with van der Waals surface area (Å²) in [6.45, 7) is 0. The lowest BCUT2D eigenvalue weighted by atomic mass is 9.95. The van der Waals surface area contributed by atoms with Crippen molar-refractivity contribution in [3.05, 3.63) is 95.8 Å². The first-order chi connectivity index (χ1) is 12.8. The van der Waals surface area contributed by atoms with Crippen LogP contribution in [0.4, 0.5) is 5.69 Å². The number of rotatable bonds is 2. The molecule has 4 aromatic rings. The topological polar surface area (TPSA) is 57.8 Å². The number of hydrogen-bond acceptors (Lipinski definition) is 2. The summed E-state index contributed by atoms with van der Waals surface area (Å²) >= 11 is 0. The van der Waals surface area contributed by atoms with Crippen molar-refractivity contribution >= 4 is 33.8 Å². The fourth-order valence-electron chi connectivity index (χ4n) is 3.44. The molecule has 0 saturated heterocycles. The summed E-state index contributed by atoms with van der Waals surface area (Å²) in [5.74, 6) is 0.588. The van der Waals surface area contributed by atoms with E-state index < -0.39 is 0 Å². The summed E-state index contributed by atoms with van der Waals surface area (Å²) in [7, 11) is 0. The zero-order valence-electron chi connectivity index (χ0n) is 13.9. The molecule has 1 amide bonds. The van der Waals surface area contributed by atoms with Crippen molar-refractivity contribution in [1.29, 1.82) is 0 Å². The second kappa shape index (κ2) is 5.70. The SMILES string of the molecule is O=C1Nc2ccccc2/C1=C(/c1ccccc1)c1nc2ccccc2[nH]1. The van der Waals surface area contributed by atoms with Gasteiger partial charge in [0.25, 0.3) is 5.91 Å². The van der Waals surface area contributed by atoms with Gasteiger partial charge in [-0.25, -0.2) is 4.98 Å². The first kappa shape index (κ1) is 14.7. The first-order valence-electron chi connectivity index (χ1n) is 8.47. The van der Waals surface area contributed by atoms with Crippen molar-refractivity contribution in [1.82, 2.24) is 9.97 Å². The Labute approximate surface area is 150 Å². The molecule has 5 rings (SSSR count). The Hall–Kier alpha value is -3.66. The van der Waals surface area contributed by atoms with Gasteiger partial charge in [-0.3, -0.25) is 4.79 Å². The van der Waals surface area contributed by atoms with Gasteiger partial charge in [0.05, 0.1) is 16.6 Å². The van der Waals surface area contributed by atoms with Crippen LogP contribution in [0.3, 0.4) is 0 Å². The number of benzene rings is 3. The van der Waals surface area contributed by atoms with Gasteiger partial charge >= 0.3 is 0 Å². The highest BCUT2D eigenvalue weighted by molar-refractivity contribution is 6.38. The van der Waals surface area contributed by atoms with E-state index in [4.69, 9.17) is 4.98 Å². The molecule has 1 aliphatic heterocycles. The maximum atomic E-state index is 12.8. The maximum Gasteiger partial charge on any atom is 0.257 e. The molecule has 1 aromatic heterocycles. The van der Waals surface area contributed by atoms with Crippen LogP contribution in [0.25, 0.3) is 22.2 Å². The van der Waals surface area contributed by atoms with Crippen molar-refractivity contribution in [2.45, 2.75) is 0 Å². The summed E-state index contributed by atoms with van der Waals surface area (Å²) in [6.07, 6.45) is 0. The average molecular weight is 337 g/mol. The number of H-pyrrole nitrogens is 1. The molecule has 124 valence electrons. The Kier molecular flexibility index (Phi) is 3.22. The van der Waals surface area contributed by atoms with Gasteiger partial charge in [0.15, 0.2) is 0 Å². The summed E-state index contributed by atoms with van der Waals surface area (Å²) in [4.78, 5) is 20.9. The van der Waals surface area contributed by atoms with Crippen LogP contribution in [-0.4, -0.2) is 15.9 Å². The molecule has 0 radical (unpaired) electrons. The Morgan fingerprint density at radius 2 is 1.54 bits per heavy atom. The Morgan fingerprint density at radius 3 is 2.38 bits per heavy atom. The van der Waals surface area contributed by atoms with Gasteiger partial charge in [-0.2, -0.15) is 0 Å². The van der Waals surface area contributed by atoms with Gasteiger partial charge < -0.3 is 10.3 Å². The van der Waals surface area contributed by atoms with E-state index in [0.717, 1.165) is 33.4 Å². The number of aromatic nitrogens is 2. The minimum atomic E-state index is -0.106. The number of carbonyl (C=O) groups is 1. The van der Waals surface area contributed by atoms with Crippen molar-refractivity contribution in [3.63, 3.8) is 0 Å². The summed E-state index contributed by atoms with van der Waals surface area (Å²) in [6, 6.07) is 25.5. The van der Waals surface area contributed by atoms with Crippen molar-refractivity contribution < 1.29 is 4.79 Å². The molecule has 0 fully saturated rings. The summed E-state index contributed by atoms with van der Waals surface area (Å²) in [5.41, 5.74) is 5.96. The molecule has 0 unspecified atom stereocenters. The van der Waals surface area contributed by atoms with Crippen LogP contribution in [-0.2, 0) is 4.79 Å². The minimum absolute atomic E-state index is 0.106. The Bertz CT molecular complexity index is 1140. The number of hydrogen-bond donors (Lipinski definition) is 2. The zero-order chi connectivity index (χ0) is 17.5. The van der Waals surface area contributed by atoms with Gasteiger partial charge in [0.1, 0.15) is 5.82 Å². The van der Waals surface area contributed by atoms with Crippen molar-refractivity contribution in [2.75, 3.05) is 5.32 Å². The smallest absolute Gasteiger partial charge is 0.257 e. The molecule has 0 spiro atoms. The minimum Gasteiger partial charge on any atom is -0.338 e.